The van der Waals surface area contributed by atoms with Crippen molar-refractivity contribution in [1.29, 1.82) is 0 Å². The number of hydrogen-bond donors (Lipinski definition) is 2. The third-order valence-electron chi connectivity index (χ3n) is 4.49. The standard InChI is InChI=1S/C16H22N4O.2ClH/c1-20-14-8-3-2-7-13(14)19-15(20)10-18-16(21)9-11-5-4-6-12(11)17;;/h2-3,7-8,11-12H,4-6,9-10,17H2,1H3,(H,18,21);2*1H/t11-,12+;;/m0../s1. The first-order valence-electron chi connectivity index (χ1n) is 7.58. The molecule has 1 amide bonds. The van der Waals surface area contributed by atoms with Gasteiger partial charge in [0.1, 0.15) is 5.82 Å². The molecule has 1 aromatic heterocycles. The highest BCUT2D eigenvalue weighted by molar-refractivity contribution is 5.85. The first-order valence-corrected chi connectivity index (χ1v) is 7.58. The highest BCUT2D eigenvalue weighted by atomic mass is 35.5. The number of rotatable bonds is 4. The Bertz CT molecular complexity index is 659. The number of para-hydroxylation sites is 2. The predicted molar refractivity (Wildman–Crippen MR) is 97.0 cm³/mol. The number of amides is 1. The average Bonchev–Trinajstić information content (AvgIpc) is 3.02. The monoisotopic (exact) mass is 358 g/mol. The summed E-state index contributed by atoms with van der Waals surface area (Å²) < 4.78 is 2.02. The van der Waals surface area contributed by atoms with Crippen LogP contribution in [0.1, 0.15) is 31.5 Å². The van der Waals surface area contributed by atoms with Crippen LogP contribution in [-0.4, -0.2) is 21.5 Å². The lowest BCUT2D eigenvalue weighted by atomic mass is 10.00. The molecule has 5 nitrogen and oxygen atoms in total. The van der Waals surface area contributed by atoms with Gasteiger partial charge in [0, 0.05) is 19.5 Å². The van der Waals surface area contributed by atoms with Crippen molar-refractivity contribution in [3.63, 3.8) is 0 Å². The number of aryl methyl sites for hydroxylation is 1. The zero-order chi connectivity index (χ0) is 14.8. The maximum absolute atomic E-state index is 12.0. The molecule has 3 N–H and O–H groups in total. The van der Waals surface area contributed by atoms with Crippen molar-refractivity contribution in [2.24, 2.45) is 18.7 Å². The van der Waals surface area contributed by atoms with Crippen molar-refractivity contribution in [3.8, 4) is 0 Å². The largest absolute Gasteiger partial charge is 0.349 e. The van der Waals surface area contributed by atoms with Crippen LogP contribution in [0.3, 0.4) is 0 Å². The van der Waals surface area contributed by atoms with Gasteiger partial charge in [-0.05, 0) is 30.9 Å². The molecule has 2 aromatic rings. The number of halogens is 2. The van der Waals surface area contributed by atoms with Crippen molar-refractivity contribution in [1.82, 2.24) is 14.9 Å². The molecule has 1 aliphatic rings. The van der Waals surface area contributed by atoms with Gasteiger partial charge in [-0.25, -0.2) is 4.98 Å². The fourth-order valence-electron chi connectivity index (χ4n) is 3.16. The third kappa shape index (κ3) is 4.37. The normalized spacial score (nSPS) is 19.9. The Labute approximate surface area is 148 Å². The van der Waals surface area contributed by atoms with Crippen LogP contribution in [0.25, 0.3) is 11.0 Å². The summed E-state index contributed by atoms with van der Waals surface area (Å²) in [5.74, 6) is 1.29. The number of hydrogen-bond acceptors (Lipinski definition) is 3. The molecule has 1 heterocycles. The van der Waals surface area contributed by atoms with Gasteiger partial charge in [-0.2, -0.15) is 0 Å². The van der Waals surface area contributed by atoms with Crippen molar-refractivity contribution < 1.29 is 4.79 Å². The van der Waals surface area contributed by atoms with Crippen LogP contribution in [0.5, 0.6) is 0 Å². The van der Waals surface area contributed by atoms with Gasteiger partial charge in [-0.15, -0.1) is 24.8 Å². The number of nitrogens with two attached hydrogens (primary N) is 1. The summed E-state index contributed by atoms with van der Waals surface area (Å²) in [5, 5.41) is 2.97. The quantitative estimate of drug-likeness (QED) is 0.881. The molecule has 7 heteroatoms. The number of aromatic nitrogens is 2. The van der Waals surface area contributed by atoms with Gasteiger partial charge in [-0.3, -0.25) is 4.79 Å². The second-order valence-corrected chi connectivity index (χ2v) is 5.91. The molecule has 0 radical (unpaired) electrons. The third-order valence-corrected chi connectivity index (χ3v) is 4.49. The molecule has 0 spiro atoms. The van der Waals surface area contributed by atoms with Crippen molar-refractivity contribution in [3.05, 3.63) is 30.1 Å². The van der Waals surface area contributed by atoms with Gasteiger partial charge >= 0.3 is 0 Å². The Morgan fingerprint density at radius 3 is 2.74 bits per heavy atom. The van der Waals surface area contributed by atoms with E-state index in [2.05, 4.69) is 10.3 Å². The molecule has 1 aliphatic carbocycles. The van der Waals surface area contributed by atoms with E-state index in [1.54, 1.807) is 0 Å². The van der Waals surface area contributed by atoms with Gasteiger partial charge in [0.2, 0.25) is 5.91 Å². The highest BCUT2D eigenvalue weighted by Crippen LogP contribution is 2.26. The van der Waals surface area contributed by atoms with Gasteiger partial charge in [-0.1, -0.05) is 18.6 Å². The van der Waals surface area contributed by atoms with Crippen LogP contribution < -0.4 is 11.1 Å². The first kappa shape index (κ1) is 19.7. The fourth-order valence-corrected chi connectivity index (χ4v) is 3.16. The smallest absolute Gasteiger partial charge is 0.220 e. The van der Waals surface area contributed by atoms with Crippen LogP contribution in [0.2, 0.25) is 0 Å². The van der Waals surface area contributed by atoms with E-state index in [1.165, 1.54) is 0 Å². The van der Waals surface area contributed by atoms with E-state index in [-0.39, 0.29) is 36.8 Å². The van der Waals surface area contributed by atoms with Gasteiger partial charge in [0.25, 0.3) is 0 Å². The Kier molecular flexibility index (Phi) is 7.32. The molecule has 128 valence electrons. The number of benzene rings is 1. The number of imidazole rings is 1. The van der Waals surface area contributed by atoms with E-state index in [4.69, 9.17) is 5.73 Å². The van der Waals surface area contributed by atoms with E-state index in [9.17, 15) is 4.79 Å². The first-order chi connectivity index (χ1) is 10.1. The van der Waals surface area contributed by atoms with Crippen molar-refractivity contribution in [2.45, 2.75) is 38.3 Å². The molecule has 3 rings (SSSR count). The lowest BCUT2D eigenvalue weighted by Gasteiger charge is -2.14. The second-order valence-electron chi connectivity index (χ2n) is 5.91. The van der Waals surface area contributed by atoms with E-state index < -0.39 is 0 Å². The maximum atomic E-state index is 12.0. The van der Waals surface area contributed by atoms with Gasteiger partial charge in [0.05, 0.1) is 17.6 Å². The van der Waals surface area contributed by atoms with Crippen LogP contribution in [0.4, 0.5) is 0 Å². The number of carbonyl (C=O) groups excluding carboxylic acids is 1. The number of fused-ring (bicyclic) bond motifs is 1. The van der Waals surface area contributed by atoms with Crippen molar-refractivity contribution in [2.75, 3.05) is 0 Å². The lowest BCUT2D eigenvalue weighted by molar-refractivity contribution is -0.122. The predicted octanol–water partition coefficient (Wildman–Crippen LogP) is 2.55. The van der Waals surface area contributed by atoms with Gasteiger partial charge < -0.3 is 15.6 Å². The van der Waals surface area contributed by atoms with E-state index in [1.807, 2.05) is 35.9 Å². The molecule has 0 bridgehead atoms. The average molecular weight is 359 g/mol. The summed E-state index contributed by atoms with van der Waals surface area (Å²) in [4.78, 5) is 16.6. The fraction of sp³-hybridized carbons (Fsp3) is 0.500. The summed E-state index contributed by atoms with van der Waals surface area (Å²) in [6.45, 7) is 0.464. The van der Waals surface area contributed by atoms with E-state index in [0.29, 0.717) is 18.9 Å². The Morgan fingerprint density at radius 1 is 1.35 bits per heavy atom. The summed E-state index contributed by atoms with van der Waals surface area (Å²) >= 11 is 0. The minimum Gasteiger partial charge on any atom is -0.349 e. The minimum absolute atomic E-state index is 0. The number of carbonyl (C=O) groups is 1. The van der Waals surface area contributed by atoms with Crippen LogP contribution in [0.15, 0.2) is 24.3 Å². The van der Waals surface area contributed by atoms with Crippen LogP contribution in [0, 0.1) is 5.92 Å². The van der Waals surface area contributed by atoms with E-state index >= 15 is 0 Å². The molecule has 0 aliphatic heterocycles. The molecular formula is C16H24Cl2N4O. The SMILES string of the molecule is Cl.Cl.Cn1c(CNC(=O)C[C@@H]2CCC[C@H]2N)nc2ccccc21. The molecule has 1 saturated carbocycles. The van der Waals surface area contributed by atoms with Crippen molar-refractivity contribution >= 4 is 41.8 Å². The molecule has 1 aromatic carbocycles. The Balaban J connectivity index is 0.00000132. The topological polar surface area (TPSA) is 72.9 Å². The Hall–Kier alpha value is -1.30. The number of nitrogens with zero attached hydrogens (tertiary/aromatic N) is 2. The summed E-state index contributed by atoms with van der Waals surface area (Å²) in [6.07, 6.45) is 3.79. The molecule has 0 unspecified atom stereocenters. The summed E-state index contributed by atoms with van der Waals surface area (Å²) in [7, 11) is 1.98. The zero-order valence-electron chi connectivity index (χ0n) is 13.2. The molecule has 0 saturated heterocycles. The molecule has 2 atom stereocenters. The molecule has 23 heavy (non-hydrogen) atoms. The van der Waals surface area contributed by atoms with Crippen LogP contribution >= 0.6 is 24.8 Å². The summed E-state index contributed by atoms with van der Waals surface area (Å²) in [6, 6.07) is 8.17. The molecular weight excluding hydrogens is 335 g/mol. The molecule has 1 fully saturated rings. The second kappa shape index (κ2) is 8.52. The maximum Gasteiger partial charge on any atom is 0.220 e. The lowest BCUT2D eigenvalue weighted by Crippen LogP contribution is -2.31. The summed E-state index contributed by atoms with van der Waals surface area (Å²) in [5.41, 5.74) is 8.06. The minimum atomic E-state index is 0. The van der Waals surface area contributed by atoms with Crippen LogP contribution in [-0.2, 0) is 18.4 Å². The number of nitrogens with one attached hydrogen (secondary N) is 1. The van der Waals surface area contributed by atoms with E-state index in [0.717, 1.165) is 36.1 Å². The zero-order valence-corrected chi connectivity index (χ0v) is 14.8. The highest BCUT2D eigenvalue weighted by Gasteiger charge is 2.26. The Morgan fingerprint density at radius 2 is 2.09 bits per heavy atom. The van der Waals surface area contributed by atoms with Gasteiger partial charge in [0.15, 0.2) is 0 Å².